The molecular weight excluding hydrogens is 262 g/mol. The minimum atomic E-state index is -2.04. The summed E-state index contributed by atoms with van der Waals surface area (Å²) in [5.74, 6) is -2.04. The van der Waals surface area contributed by atoms with E-state index in [4.69, 9.17) is 9.84 Å². The number of hydrogen-bond acceptors (Lipinski definition) is 8. The molecule has 110 valence electrons. The summed E-state index contributed by atoms with van der Waals surface area (Å²) in [6.07, 6.45) is -4.30. The first-order valence-electron chi connectivity index (χ1n) is 5.49. The summed E-state index contributed by atoms with van der Waals surface area (Å²) < 4.78 is 4.99. The first-order valence-corrected chi connectivity index (χ1v) is 5.49. The van der Waals surface area contributed by atoms with Crippen molar-refractivity contribution in [2.24, 2.45) is 5.29 Å². The Kier molecular flexibility index (Phi) is 4.76. The Morgan fingerprint density at radius 1 is 1.47 bits per heavy atom. The van der Waals surface area contributed by atoms with Gasteiger partial charge in [-0.05, 0) is 6.92 Å². The van der Waals surface area contributed by atoms with Gasteiger partial charge in [-0.3, -0.25) is 0 Å². The third-order valence-corrected chi connectivity index (χ3v) is 2.91. The van der Waals surface area contributed by atoms with Crippen LogP contribution in [-0.4, -0.2) is 75.3 Å². The molecule has 2 unspecified atom stereocenters. The highest BCUT2D eigenvalue weighted by Gasteiger charge is 2.51. The molecule has 1 aliphatic rings. The second-order valence-corrected chi connectivity index (χ2v) is 4.41. The molecule has 1 saturated heterocycles. The molecule has 2 amide bonds. The molecule has 0 aromatic carbocycles. The minimum absolute atomic E-state index is 0.410. The summed E-state index contributed by atoms with van der Waals surface area (Å²) >= 11 is 0. The van der Waals surface area contributed by atoms with Gasteiger partial charge in [-0.25, -0.2) is 4.79 Å². The summed E-state index contributed by atoms with van der Waals surface area (Å²) in [5, 5.41) is 43.3. The van der Waals surface area contributed by atoms with Crippen LogP contribution in [0.5, 0.6) is 0 Å². The molecule has 0 aliphatic carbocycles. The van der Waals surface area contributed by atoms with Crippen LogP contribution in [0.2, 0.25) is 0 Å². The number of rotatable bonds is 3. The van der Waals surface area contributed by atoms with Crippen LogP contribution < -0.4 is 5.32 Å². The van der Waals surface area contributed by atoms with E-state index in [2.05, 4.69) is 10.6 Å². The van der Waals surface area contributed by atoms with E-state index in [9.17, 15) is 25.0 Å². The van der Waals surface area contributed by atoms with E-state index in [0.29, 0.717) is 5.01 Å². The van der Waals surface area contributed by atoms with Crippen molar-refractivity contribution in [1.29, 1.82) is 0 Å². The van der Waals surface area contributed by atoms with Gasteiger partial charge in [-0.1, -0.05) is 0 Å². The molecule has 0 radical (unpaired) electrons. The topological polar surface area (TPSA) is 152 Å². The average molecular weight is 279 g/mol. The highest BCUT2D eigenvalue weighted by molar-refractivity contribution is 5.74. The van der Waals surface area contributed by atoms with E-state index in [1.54, 1.807) is 0 Å². The Morgan fingerprint density at radius 2 is 2.05 bits per heavy atom. The van der Waals surface area contributed by atoms with Crippen LogP contribution in [0, 0.1) is 4.91 Å². The van der Waals surface area contributed by atoms with Crippen LogP contribution in [0.3, 0.4) is 0 Å². The van der Waals surface area contributed by atoms with Crippen molar-refractivity contribution in [2.75, 3.05) is 13.7 Å². The summed E-state index contributed by atoms with van der Waals surface area (Å²) in [7, 11) is 1.07. The van der Waals surface area contributed by atoms with Crippen LogP contribution in [0.1, 0.15) is 6.92 Å². The van der Waals surface area contributed by atoms with Gasteiger partial charge < -0.3 is 30.5 Å². The van der Waals surface area contributed by atoms with Crippen LogP contribution >= 0.6 is 0 Å². The van der Waals surface area contributed by atoms with E-state index in [0.717, 1.165) is 14.0 Å². The van der Waals surface area contributed by atoms with Gasteiger partial charge in [-0.2, -0.15) is 5.01 Å². The van der Waals surface area contributed by atoms with Crippen LogP contribution in [0.4, 0.5) is 4.79 Å². The lowest BCUT2D eigenvalue weighted by Crippen LogP contribution is -2.69. The molecule has 1 aliphatic heterocycles. The standard InChI is InChI=1S/C9H17N3O7/c1-9(17)7(10-8(16)12(2)11-18)6(15)5(14)4(3-13)19-9/h4-7,13-15,17H,3H2,1-2H3,(H,10,16)/t4?,5-,6-,7?,9-/m0/s1. The zero-order valence-corrected chi connectivity index (χ0v) is 10.4. The molecule has 1 fully saturated rings. The lowest BCUT2D eigenvalue weighted by Gasteiger charge is -2.46. The second-order valence-electron chi connectivity index (χ2n) is 4.41. The van der Waals surface area contributed by atoms with E-state index < -0.39 is 42.8 Å². The molecule has 1 heterocycles. The molecule has 0 aromatic rings. The van der Waals surface area contributed by atoms with Crippen molar-refractivity contribution in [1.82, 2.24) is 10.3 Å². The lowest BCUT2D eigenvalue weighted by atomic mass is 9.91. The van der Waals surface area contributed by atoms with Crippen LogP contribution in [0.25, 0.3) is 0 Å². The van der Waals surface area contributed by atoms with Gasteiger partial charge >= 0.3 is 6.03 Å². The molecule has 1 rings (SSSR count). The minimum Gasteiger partial charge on any atom is -0.394 e. The first kappa shape index (κ1) is 15.7. The van der Waals surface area contributed by atoms with Crippen molar-refractivity contribution < 1.29 is 30.0 Å². The van der Waals surface area contributed by atoms with Crippen molar-refractivity contribution >= 4 is 6.03 Å². The van der Waals surface area contributed by atoms with Crippen molar-refractivity contribution in [3.8, 4) is 0 Å². The van der Waals surface area contributed by atoms with Gasteiger partial charge in [-0.15, -0.1) is 4.91 Å². The quantitative estimate of drug-likeness (QED) is 0.283. The first-order chi connectivity index (χ1) is 8.74. The predicted molar refractivity (Wildman–Crippen MR) is 60.5 cm³/mol. The molecule has 5 N–H and O–H groups in total. The molecule has 0 spiro atoms. The normalized spacial score (nSPS) is 38.6. The number of urea groups is 1. The summed E-state index contributed by atoms with van der Waals surface area (Å²) in [6, 6.07) is -2.39. The zero-order chi connectivity index (χ0) is 14.8. The predicted octanol–water partition coefficient (Wildman–Crippen LogP) is -2.50. The molecule has 0 bridgehead atoms. The molecule has 19 heavy (non-hydrogen) atoms. The third-order valence-electron chi connectivity index (χ3n) is 2.91. The zero-order valence-electron chi connectivity index (χ0n) is 10.4. The number of nitrogens with zero attached hydrogens (tertiary/aromatic N) is 2. The smallest absolute Gasteiger partial charge is 0.340 e. The van der Waals surface area contributed by atoms with E-state index in [1.807, 2.05) is 0 Å². The fraction of sp³-hybridized carbons (Fsp3) is 0.889. The highest BCUT2D eigenvalue weighted by Crippen LogP contribution is 2.27. The number of aliphatic hydroxyl groups is 4. The summed E-state index contributed by atoms with van der Waals surface area (Å²) in [6.45, 7) is 0.523. The maximum absolute atomic E-state index is 11.4. The van der Waals surface area contributed by atoms with Crippen molar-refractivity contribution in [3.63, 3.8) is 0 Å². The maximum atomic E-state index is 11.4. The number of hydrogen-bond donors (Lipinski definition) is 5. The Hall–Kier alpha value is -1.33. The van der Waals surface area contributed by atoms with Gasteiger partial charge in [0, 0.05) is 7.05 Å². The molecule has 10 nitrogen and oxygen atoms in total. The monoisotopic (exact) mass is 279 g/mol. The third kappa shape index (κ3) is 3.16. The highest BCUT2D eigenvalue weighted by atomic mass is 16.6. The van der Waals surface area contributed by atoms with Gasteiger partial charge in [0.25, 0.3) is 0 Å². The number of nitrogens with one attached hydrogen (secondary N) is 1. The molecule has 0 aromatic heterocycles. The van der Waals surface area contributed by atoms with Crippen molar-refractivity contribution in [2.45, 2.75) is 37.1 Å². The molecule has 10 heteroatoms. The lowest BCUT2D eigenvalue weighted by molar-refractivity contribution is -0.309. The Labute approximate surface area is 108 Å². The van der Waals surface area contributed by atoms with Gasteiger partial charge in [0.1, 0.15) is 24.4 Å². The summed E-state index contributed by atoms with van der Waals surface area (Å²) in [4.78, 5) is 21.6. The summed E-state index contributed by atoms with van der Waals surface area (Å²) in [5.41, 5.74) is 0. The number of carbonyl (C=O) groups is 1. The second kappa shape index (κ2) is 5.75. The SMILES string of the molecule is CN(N=O)C(=O)NC1[C@@H](O)[C@@H](O)C(CO)O[C@]1(C)O. The fourth-order valence-electron chi connectivity index (χ4n) is 1.81. The van der Waals surface area contributed by atoms with Crippen LogP contribution in [0.15, 0.2) is 5.29 Å². The van der Waals surface area contributed by atoms with Gasteiger partial charge in [0.05, 0.1) is 11.9 Å². The average Bonchev–Trinajstić information content (AvgIpc) is 2.37. The number of ether oxygens (including phenoxy) is 1. The largest absolute Gasteiger partial charge is 0.394 e. The van der Waals surface area contributed by atoms with Crippen LogP contribution in [-0.2, 0) is 4.74 Å². The number of nitroso groups, excluding NO2 is 1. The number of amides is 2. The Morgan fingerprint density at radius 3 is 2.53 bits per heavy atom. The Bertz CT molecular complexity index is 351. The van der Waals surface area contributed by atoms with E-state index >= 15 is 0 Å². The van der Waals surface area contributed by atoms with E-state index in [-0.39, 0.29) is 0 Å². The number of carbonyl (C=O) groups excluding carboxylic acids is 1. The van der Waals surface area contributed by atoms with Gasteiger partial charge in [0.15, 0.2) is 5.79 Å². The number of aliphatic hydroxyl groups excluding tert-OH is 3. The Balaban J connectivity index is 2.86. The van der Waals surface area contributed by atoms with Crippen molar-refractivity contribution in [3.05, 3.63) is 4.91 Å². The van der Waals surface area contributed by atoms with E-state index in [1.165, 1.54) is 0 Å². The van der Waals surface area contributed by atoms with Gasteiger partial charge in [0.2, 0.25) is 0 Å². The molecule has 0 saturated carbocycles. The maximum Gasteiger partial charge on any atom is 0.340 e. The molecule has 5 atom stereocenters. The molecular formula is C9H17N3O7. The fourth-order valence-corrected chi connectivity index (χ4v) is 1.81.